The van der Waals surface area contributed by atoms with Crippen molar-refractivity contribution in [3.8, 4) is 0 Å². The van der Waals surface area contributed by atoms with Crippen LogP contribution in [0.25, 0.3) is 0 Å². The Bertz CT molecular complexity index is 507. The lowest BCUT2D eigenvalue weighted by molar-refractivity contribution is -0.146. The van der Waals surface area contributed by atoms with Crippen molar-refractivity contribution < 1.29 is 29.4 Å². The number of rotatable bonds is 8. The zero-order valence-electron chi connectivity index (χ0n) is 13.9. The van der Waals surface area contributed by atoms with Crippen LogP contribution < -0.4 is 11.1 Å². The molecule has 3 unspecified atom stereocenters. The molecule has 1 aliphatic rings. The lowest BCUT2D eigenvalue weighted by Crippen LogP contribution is -2.54. The molecule has 0 saturated carbocycles. The first-order chi connectivity index (χ1) is 11.1. The minimum Gasteiger partial charge on any atom is -0.481 e. The molecule has 0 bridgehead atoms. The maximum absolute atomic E-state index is 12.4. The number of hydrogen-bond donors (Lipinski definition) is 4. The highest BCUT2D eigenvalue weighted by Crippen LogP contribution is 2.19. The summed E-state index contributed by atoms with van der Waals surface area (Å²) < 4.78 is 0. The van der Waals surface area contributed by atoms with Crippen molar-refractivity contribution in [3.05, 3.63) is 0 Å². The number of amides is 2. The van der Waals surface area contributed by atoms with Crippen molar-refractivity contribution in [3.63, 3.8) is 0 Å². The van der Waals surface area contributed by atoms with E-state index in [0.717, 1.165) is 0 Å². The average molecular weight is 343 g/mol. The van der Waals surface area contributed by atoms with E-state index in [1.165, 1.54) is 4.90 Å². The van der Waals surface area contributed by atoms with Crippen molar-refractivity contribution in [2.24, 2.45) is 11.7 Å². The molecule has 2 amide bonds. The molecular formula is C15H25N3O6. The highest BCUT2D eigenvalue weighted by molar-refractivity contribution is 5.93. The highest BCUT2D eigenvalue weighted by Gasteiger charge is 2.37. The summed E-state index contributed by atoms with van der Waals surface area (Å²) >= 11 is 0. The van der Waals surface area contributed by atoms with Crippen LogP contribution >= 0.6 is 0 Å². The molecule has 0 aromatic carbocycles. The summed E-state index contributed by atoms with van der Waals surface area (Å²) in [6.07, 6.45) is 0.728. The van der Waals surface area contributed by atoms with E-state index in [0.29, 0.717) is 19.4 Å². The van der Waals surface area contributed by atoms with Gasteiger partial charge in [-0.15, -0.1) is 0 Å². The Labute approximate surface area is 140 Å². The van der Waals surface area contributed by atoms with Gasteiger partial charge in [-0.3, -0.25) is 14.4 Å². The van der Waals surface area contributed by atoms with Gasteiger partial charge in [-0.05, 0) is 25.2 Å². The summed E-state index contributed by atoms with van der Waals surface area (Å²) in [5.74, 6) is -3.40. The fourth-order valence-electron chi connectivity index (χ4n) is 2.75. The van der Waals surface area contributed by atoms with Crippen LogP contribution in [0.4, 0.5) is 0 Å². The quantitative estimate of drug-likeness (QED) is 0.459. The molecule has 0 aromatic rings. The normalized spacial score (nSPS) is 19.8. The molecule has 9 heteroatoms. The van der Waals surface area contributed by atoms with E-state index in [9.17, 15) is 24.3 Å². The fraction of sp³-hybridized carbons (Fsp3) is 0.733. The predicted molar refractivity (Wildman–Crippen MR) is 84.0 cm³/mol. The van der Waals surface area contributed by atoms with Crippen LogP contribution in [-0.4, -0.2) is 63.5 Å². The molecule has 1 fully saturated rings. The standard InChI is InChI=1S/C15H25N3O6/c1-8(2)6-10(15(23)24)17-13(21)11-4-3-5-18(11)14(22)9(16)7-12(19)20/h8-11H,3-7,16H2,1-2H3,(H,17,21)(H,19,20)(H,23,24). The molecule has 3 atom stereocenters. The molecule has 24 heavy (non-hydrogen) atoms. The molecule has 0 aliphatic carbocycles. The summed E-state index contributed by atoms with van der Waals surface area (Å²) in [7, 11) is 0. The molecule has 0 spiro atoms. The summed E-state index contributed by atoms with van der Waals surface area (Å²) in [5, 5.41) is 20.4. The summed E-state index contributed by atoms with van der Waals surface area (Å²) in [5.41, 5.74) is 5.58. The van der Waals surface area contributed by atoms with Crippen molar-refractivity contribution >= 4 is 23.8 Å². The first kappa shape index (κ1) is 19.9. The Kier molecular flexibility index (Phi) is 7.15. The van der Waals surface area contributed by atoms with Gasteiger partial charge in [-0.25, -0.2) is 4.79 Å². The maximum atomic E-state index is 12.4. The van der Waals surface area contributed by atoms with Gasteiger partial charge in [0.25, 0.3) is 0 Å². The molecule has 5 N–H and O–H groups in total. The van der Waals surface area contributed by atoms with Gasteiger partial charge < -0.3 is 26.2 Å². The Morgan fingerprint density at radius 1 is 1.25 bits per heavy atom. The lowest BCUT2D eigenvalue weighted by Gasteiger charge is -2.27. The van der Waals surface area contributed by atoms with E-state index in [-0.39, 0.29) is 12.3 Å². The second kappa shape index (κ2) is 8.62. The SMILES string of the molecule is CC(C)CC(NC(=O)C1CCCN1C(=O)C(N)CC(=O)O)C(=O)O. The second-order valence-electron chi connectivity index (χ2n) is 6.42. The third-order valence-corrected chi connectivity index (χ3v) is 3.87. The zero-order chi connectivity index (χ0) is 18.4. The Morgan fingerprint density at radius 3 is 2.38 bits per heavy atom. The van der Waals surface area contributed by atoms with Gasteiger partial charge in [0.15, 0.2) is 0 Å². The van der Waals surface area contributed by atoms with Crippen molar-refractivity contribution in [1.82, 2.24) is 10.2 Å². The van der Waals surface area contributed by atoms with Gasteiger partial charge in [0, 0.05) is 6.54 Å². The molecule has 1 rings (SSSR count). The molecule has 9 nitrogen and oxygen atoms in total. The maximum Gasteiger partial charge on any atom is 0.326 e. The van der Waals surface area contributed by atoms with Gasteiger partial charge in [-0.1, -0.05) is 13.8 Å². The number of nitrogens with zero attached hydrogens (tertiary/aromatic N) is 1. The number of nitrogens with two attached hydrogens (primary N) is 1. The Morgan fingerprint density at radius 2 is 1.88 bits per heavy atom. The van der Waals surface area contributed by atoms with E-state index in [1.807, 2.05) is 13.8 Å². The third-order valence-electron chi connectivity index (χ3n) is 3.87. The molecule has 1 aliphatic heterocycles. The minimum absolute atomic E-state index is 0.0803. The van der Waals surface area contributed by atoms with E-state index in [1.54, 1.807) is 0 Å². The van der Waals surface area contributed by atoms with Crippen LogP contribution in [0.5, 0.6) is 0 Å². The Balaban J connectivity index is 2.76. The van der Waals surface area contributed by atoms with E-state index >= 15 is 0 Å². The fourth-order valence-corrected chi connectivity index (χ4v) is 2.75. The number of hydrogen-bond acceptors (Lipinski definition) is 5. The van der Waals surface area contributed by atoms with Crippen LogP contribution in [0.3, 0.4) is 0 Å². The zero-order valence-corrected chi connectivity index (χ0v) is 13.9. The summed E-state index contributed by atoms with van der Waals surface area (Å²) in [4.78, 5) is 47.8. The number of carbonyl (C=O) groups excluding carboxylic acids is 2. The first-order valence-corrected chi connectivity index (χ1v) is 7.94. The van der Waals surface area contributed by atoms with Crippen molar-refractivity contribution in [2.45, 2.75) is 57.7 Å². The van der Waals surface area contributed by atoms with Crippen LogP contribution in [0.1, 0.15) is 39.5 Å². The molecule has 1 heterocycles. The topological polar surface area (TPSA) is 150 Å². The predicted octanol–water partition coefficient (Wildman–Crippen LogP) is -0.605. The third kappa shape index (κ3) is 5.48. The van der Waals surface area contributed by atoms with Crippen molar-refractivity contribution in [2.75, 3.05) is 6.54 Å². The minimum atomic E-state index is -1.22. The molecule has 1 saturated heterocycles. The van der Waals surface area contributed by atoms with Crippen LogP contribution in [0, 0.1) is 5.92 Å². The summed E-state index contributed by atoms with van der Waals surface area (Å²) in [6, 6.07) is -3.06. The molecular weight excluding hydrogens is 318 g/mol. The number of aliphatic carboxylic acids is 2. The number of carbonyl (C=O) groups is 4. The second-order valence-corrected chi connectivity index (χ2v) is 6.42. The van der Waals surface area contributed by atoms with Crippen molar-refractivity contribution in [1.29, 1.82) is 0 Å². The highest BCUT2D eigenvalue weighted by atomic mass is 16.4. The van der Waals surface area contributed by atoms with Gasteiger partial charge in [0.1, 0.15) is 12.1 Å². The number of carboxylic acids is 2. The van der Waals surface area contributed by atoms with E-state index in [4.69, 9.17) is 10.8 Å². The number of likely N-dealkylation sites (tertiary alicyclic amines) is 1. The molecule has 136 valence electrons. The summed E-state index contributed by atoms with van der Waals surface area (Å²) in [6.45, 7) is 3.99. The van der Waals surface area contributed by atoms with Crippen LogP contribution in [0.2, 0.25) is 0 Å². The first-order valence-electron chi connectivity index (χ1n) is 7.94. The van der Waals surface area contributed by atoms with E-state index < -0.39 is 48.3 Å². The van der Waals surface area contributed by atoms with Crippen LogP contribution in [0.15, 0.2) is 0 Å². The van der Waals surface area contributed by atoms with Gasteiger partial charge >= 0.3 is 11.9 Å². The molecule has 0 radical (unpaired) electrons. The van der Waals surface area contributed by atoms with E-state index in [2.05, 4.69) is 5.32 Å². The molecule has 0 aromatic heterocycles. The van der Waals surface area contributed by atoms with Gasteiger partial charge in [0.2, 0.25) is 11.8 Å². The average Bonchev–Trinajstić information content (AvgIpc) is 2.93. The van der Waals surface area contributed by atoms with Gasteiger partial charge in [0.05, 0.1) is 12.5 Å². The Hall–Kier alpha value is -2.16. The van der Waals surface area contributed by atoms with Crippen LogP contribution in [-0.2, 0) is 19.2 Å². The monoisotopic (exact) mass is 343 g/mol. The smallest absolute Gasteiger partial charge is 0.326 e. The van der Waals surface area contributed by atoms with Gasteiger partial charge in [-0.2, -0.15) is 0 Å². The number of nitrogens with one attached hydrogen (secondary N) is 1. The largest absolute Gasteiger partial charge is 0.481 e. The number of carboxylic acid groups (broad SMARTS) is 2. The lowest BCUT2D eigenvalue weighted by atomic mass is 10.0.